The lowest BCUT2D eigenvalue weighted by Crippen LogP contribution is -2.38. The third-order valence-corrected chi connectivity index (χ3v) is 9.34. The van der Waals surface area contributed by atoms with Gasteiger partial charge in [0.1, 0.15) is 0 Å². The fourth-order valence-electron chi connectivity index (χ4n) is 6.13. The van der Waals surface area contributed by atoms with E-state index < -0.39 is 0 Å². The van der Waals surface area contributed by atoms with Crippen molar-refractivity contribution in [2.45, 2.75) is 39.7 Å². The molecular formula is C34H28ClN3OS. The smallest absolute Gasteiger partial charge is 0.271 e. The third-order valence-electron chi connectivity index (χ3n) is 8.11. The zero-order chi connectivity index (χ0) is 27.5. The molecule has 0 spiro atoms. The highest BCUT2D eigenvalue weighted by atomic mass is 35.5. The van der Waals surface area contributed by atoms with Crippen LogP contribution in [0.3, 0.4) is 0 Å². The van der Waals surface area contributed by atoms with Gasteiger partial charge < -0.3 is 4.57 Å². The van der Waals surface area contributed by atoms with Crippen LogP contribution in [0, 0.1) is 20.8 Å². The molecule has 0 saturated heterocycles. The zero-order valence-corrected chi connectivity index (χ0v) is 24.2. The first-order chi connectivity index (χ1) is 19.4. The highest BCUT2D eigenvalue weighted by molar-refractivity contribution is 7.07. The molecule has 6 heteroatoms. The Labute approximate surface area is 241 Å². The molecule has 3 heterocycles. The van der Waals surface area contributed by atoms with Crippen molar-refractivity contribution in [1.29, 1.82) is 0 Å². The number of aryl methyl sites for hydroxylation is 3. The summed E-state index contributed by atoms with van der Waals surface area (Å²) >= 11 is 7.73. The third kappa shape index (κ3) is 4.04. The Morgan fingerprint density at radius 2 is 1.70 bits per heavy atom. The van der Waals surface area contributed by atoms with Crippen molar-refractivity contribution >= 4 is 34.7 Å². The number of thiazole rings is 1. The van der Waals surface area contributed by atoms with E-state index in [1.165, 1.54) is 33.6 Å². The van der Waals surface area contributed by atoms with Gasteiger partial charge in [0.2, 0.25) is 0 Å². The van der Waals surface area contributed by atoms with Crippen LogP contribution in [0.4, 0.5) is 0 Å². The molecule has 198 valence electrons. The topological polar surface area (TPSA) is 39.3 Å². The van der Waals surface area contributed by atoms with E-state index in [1.807, 2.05) is 34.9 Å². The van der Waals surface area contributed by atoms with Gasteiger partial charge in [0.25, 0.3) is 5.56 Å². The maximum atomic E-state index is 14.1. The first-order valence-electron chi connectivity index (χ1n) is 13.5. The highest BCUT2D eigenvalue weighted by Gasteiger charge is 2.32. The number of halogens is 1. The standard InChI is InChI=1S/C34H28ClN3OS/c1-20-8-15-27(16-9-20)37-21(2)18-25(22(37)3)19-30-33(39)38-32(24-10-13-26(35)14-11-24)29-17-12-23-6-4-5-7-28(23)31(29)36-34(38)40-30/h4-11,13-16,18-19,32H,12,17H2,1-3H3/b30-19+/t32-/m0/s1. The molecule has 7 rings (SSSR count). The quantitative estimate of drug-likeness (QED) is 0.242. The number of hydrogen-bond acceptors (Lipinski definition) is 3. The Balaban J connectivity index is 1.43. The van der Waals surface area contributed by atoms with Gasteiger partial charge in [0, 0.05) is 27.7 Å². The maximum Gasteiger partial charge on any atom is 0.271 e. The van der Waals surface area contributed by atoms with E-state index in [4.69, 9.17) is 16.6 Å². The van der Waals surface area contributed by atoms with Crippen molar-refractivity contribution < 1.29 is 0 Å². The van der Waals surface area contributed by atoms with Crippen LogP contribution in [-0.4, -0.2) is 9.13 Å². The Bertz CT molecular complexity index is 2010. The second-order valence-corrected chi connectivity index (χ2v) is 12.1. The Morgan fingerprint density at radius 1 is 0.950 bits per heavy atom. The molecule has 1 aliphatic carbocycles. The molecule has 2 aromatic heterocycles. The van der Waals surface area contributed by atoms with Gasteiger partial charge in [-0.3, -0.25) is 9.36 Å². The summed E-state index contributed by atoms with van der Waals surface area (Å²) in [6, 6.07) is 26.9. The van der Waals surface area contributed by atoms with Crippen molar-refractivity contribution in [3.63, 3.8) is 0 Å². The number of nitrogens with zero attached hydrogens (tertiary/aromatic N) is 3. The number of rotatable bonds is 3. The lowest BCUT2D eigenvalue weighted by Gasteiger charge is -2.30. The summed E-state index contributed by atoms with van der Waals surface area (Å²) < 4.78 is 4.83. The van der Waals surface area contributed by atoms with Crippen LogP contribution in [0.25, 0.3) is 17.5 Å². The van der Waals surface area contributed by atoms with Gasteiger partial charge in [-0.05, 0) is 92.3 Å². The Morgan fingerprint density at radius 3 is 2.48 bits per heavy atom. The molecule has 0 bridgehead atoms. The number of aromatic nitrogens is 2. The molecule has 5 aromatic rings. The maximum absolute atomic E-state index is 14.1. The van der Waals surface area contributed by atoms with Gasteiger partial charge in [-0.25, -0.2) is 4.99 Å². The first kappa shape index (κ1) is 25.1. The van der Waals surface area contributed by atoms with Gasteiger partial charge in [0.15, 0.2) is 4.80 Å². The monoisotopic (exact) mass is 561 g/mol. The predicted molar refractivity (Wildman–Crippen MR) is 164 cm³/mol. The van der Waals surface area contributed by atoms with E-state index in [-0.39, 0.29) is 11.6 Å². The van der Waals surface area contributed by atoms with E-state index >= 15 is 0 Å². The van der Waals surface area contributed by atoms with Crippen LogP contribution in [0.1, 0.15) is 51.7 Å². The van der Waals surface area contributed by atoms with E-state index in [1.54, 1.807) is 0 Å². The van der Waals surface area contributed by atoms with Crippen molar-refractivity contribution in [3.05, 3.63) is 148 Å². The van der Waals surface area contributed by atoms with E-state index in [2.05, 4.69) is 79.9 Å². The normalized spacial score (nSPS) is 16.4. The molecule has 1 atom stereocenters. The van der Waals surface area contributed by atoms with Crippen LogP contribution in [0.15, 0.2) is 94.2 Å². The summed E-state index contributed by atoms with van der Waals surface area (Å²) in [5.41, 5.74) is 11.4. The van der Waals surface area contributed by atoms with Gasteiger partial charge in [0.05, 0.1) is 16.3 Å². The molecule has 0 N–H and O–H groups in total. The second kappa shape index (κ2) is 9.61. The van der Waals surface area contributed by atoms with Gasteiger partial charge >= 0.3 is 0 Å². The molecule has 3 aromatic carbocycles. The highest BCUT2D eigenvalue weighted by Crippen LogP contribution is 2.41. The molecule has 4 nitrogen and oxygen atoms in total. The number of fused-ring (bicyclic) bond motifs is 3. The van der Waals surface area contributed by atoms with Gasteiger partial charge in [-0.15, -0.1) is 0 Å². The van der Waals surface area contributed by atoms with Crippen molar-refractivity contribution in [1.82, 2.24) is 9.13 Å². The minimum Gasteiger partial charge on any atom is -0.318 e. The largest absolute Gasteiger partial charge is 0.318 e. The van der Waals surface area contributed by atoms with Crippen LogP contribution in [0.5, 0.6) is 0 Å². The summed E-state index contributed by atoms with van der Waals surface area (Å²) in [5.74, 6) is 0. The lowest BCUT2D eigenvalue weighted by atomic mass is 9.83. The summed E-state index contributed by atoms with van der Waals surface area (Å²) in [6.45, 7) is 6.32. The predicted octanol–water partition coefficient (Wildman–Crippen LogP) is 6.69. The Hall–Kier alpha value is -3.93. The van der Waals surface area contributed by atoms with Gasteiger partial charge in [-0.1, -0.05) is 77.0 Å². The zero-order valence-electron chi connectivity index (χ0n) is 22.6. The molecule has 0 amide bonds. The van der Waals surface area contributed by atoms with Crippen molar-refractivity contribution in [2.24, 2.45) is 4.99 Å². The van der Waals surface area contributed by atoms with Crippen molar-refractivity contribution in [3.8, 4) is 5.69 Å². The van der Waals surface area contributed by atoms with Gasteiger partial charge in [-0.2, -0.15) is 0 Å². The summed E-state index contributed by atoms with van der Waals surface area (Å²) in [7, 11) is 0. The number of hydrogen-bond donors (Lipinski definition) is 0. The van der Waals surface area contributed by atoms with Crippen LogP contribution in [0.2, 0.25) is 5.02 Å². The Kier molecular flexibility index (Phi) is 6.02. The van der Waals surface area contributed by atoms with E-state index in [9.17, 15) is 4.79 Å². The molecule has 1 aliphatic heterocycles. The SMILES string of the molecule is Cc1ccc(-n2c(C)cc(/C=c3/sc4n(c3=O)[C@@H](c3ccc(Cl)cc3)C3=C(N=4)c4ccccc4CC3)c2C)cc1. The lowest BCUT2D eigenvalue weighted by molar-refractivity contribution is 0.585. The minimum absolute atomic E-state index is 0.00533. The molecule has 0 unspecified atom stereocenters. The molecule has 0 saturated carbocycles. The molecule has 0 radical (unpaired) electrons. The summed E-state index contributed by atoms with van der Waals surface area (Å²) in [5, 5.41) is 0.684. The molecular weight excluding hydrogens is 534 g/mol. The fraction of sp³-hybridized carbons (Fsp3) is 0.176. The summed E-state index contributed by atoms with van der Waals surface area (Å²) in [6.07, 6.45) is 3.83. The average Bonchev–Trinajstić information content (AvgIpc) is 3.42. The minimum atomic E-state index is -0.209. The fourth-order valence-corrected chi connectivity index (χ4v) is 7.25. The van der Waals surface area contributed by atoms with Crippen LogP contribution >= 0.6 is 22.9 Å². The van der Waals surface area contributed by atoms with E-state index in [0.29, 0.717) is 9.55 Å². The van der Waals surface area contributed by atoms with Crippen LogP contribution < -0.4 is 14.9 Å². The summed E-state index contributed by atoms with van der Waals surface area (Å²) in [4.78, 5) is 20.0. The van der Waals surface area contributed by atoms with E-state index in [0.717, 1.165) is 51.5 Å². The number of allylic oxidation sites excluding steroid dienone is 1. The number of benzene rings is 3. The average molecular weight is 562 g/mol. The molecule has 0 fully saturated rings. The molecule has 40 heavy (non-hydrogen) atoms. The second-order valence-electron chi connectivity index (χ2n) is 10.7. The molecule has 2 aliphatic rings. The van der Waals surface area contributed by atoms with Crippen LogP contribution in [-0.2, 0) is 6.42 Å². The van der Waals surface area contributed by atoms with Crippen molar-refractivity contribution in [2.75, 3.05) is 0 Å². The first-order valence-corrected chi connectivity index (χ1v) is 14.7.